The molecule has 1 saturated carbocycles. The van der Waals surface area contributed by atoms with Gasteiger partial charge in [-0.25, -0.2) is 0 Å². The number of hydrogen-bond acceptors (Lipinski definition) is 3. The van der Waals surface area contributed by atoms with E-state index in [9.17, 15) is 4.79 Å². The van der Waals surface area contributed by atoms with Gasteiger partial charge >= 0.3 is 5.97 Å². The smallest absolute Gasteiger partial charge is 0.307 e. The molecular formula is C12H16O3S. The number of hydrogen-bond donors (Lipinski definition) is 1. The topological polar surface area (TPSA) is 50.4 Å². The zero-order valence-electron chi connectivity index (χ0n) is 9.47. The number of carbonyl (C=O) groups is 1. The number of thioether (sulfide) groups is 1. The molecule has 16 heavy (non-hydrogen) atoms. The fraction of sp³-hybridized carbons (Fsp3) is 0.583. The van der Waals surface area contributed by atoms with Crippen LogP contribution in [0.4, 0.5) is 0 Å². The van der Waals surface area contributed by atoms with Crippen LogP contribution in [0.3, 0.4) is 0 Å². The molecule has 1 aromatic heterocycles. The van der Waals surface area contributed by atoms with Crippen LogP contribution in [0.5, 0.6) is 0 Å². The number of aliphatic carboxylic acids is 1. The summed E-state index contributed by atoms with van der Waals surface area (Å²) in [5.74, 6) is 2.14. The second-order valence-electron chi connectivity index (χ2n) is 4.84. The van der Waals surface area contributed by atoms with Crippen molar-refractivity contribution >= 4 is 17.7 Å². The Morgan fingerprint density at radius 3 is 2.88 bits per heavy atom. The van der Waals surface area contributed by atoms with E-state index >= 15 is 0 Å². The molecule has 1 aromatic rings. The van der Waals surface area contributed by atoms with Gasteiger partial charge in [0.2, 0.25) is 0 Å². The Labute approximate surface area is 99.2 Å². The van der Waals surface area contributed by atoms with Crippen LogP contribution in [0.15, 0.2) is 22.8 Å². The van der Waals surface area contributed by atoms with Crippen LogP contribution in [0.1, 0.15) is 19.6 Å². The van der Waals surface area contributed by atoms with Gasteiger partial charge in [0.15, 0.2) is 0 Å². The van der Waals surface area contributed by atoms with Crippen LogP contribution in [0.2, 0.25) is 0 Å². The molecular weight excluding hydrogens is 224 g/mol. The van der Waals surface area contributed by atoms with Crippen molar-refractivity contribution in [3.63, 3.8) is 0 Å². The average molecular weight is 240 g/mol. The SMILES string of the molecule is CC1(C)C(CSCc2ccco2)[C@H]1C(=O)O. The highest BCUT2D eigenvalue weighted by Gasteiger charge is 2.61. The molecule has 0 aromatic carbocycles. The van der Waals surface area contributed by atoms with Gasteiger partial charge in [0.1, 0.15) is 5.76 Å². The monoisotopic (exact) mass is 240 g/mol. The largest absolute Gasteiger partial charge is 0.481 e. The molecule has 1 heterocycles. The predicted octanol–water partition coefficient (Wildman–Crippen LogP) is 2.87. The fourth-order valence-corrected chi connectivity index (χ4v) is 3.59. The van der Waals surface area contributed by atoms with Crippen molar-refractivity contribution in [3.05, 3.63) is 24.2 Å². The lowest BCUT2D eigenvalue weighted by Crippen LogP contribution is -2.03. The van der Waals surface area contributed by atoms with E-state index in [-0.39, 0.29) is 11.3 Å². The molecule has 3 nitrogen and oxygen atoms in total. The Balaban J connectivity index is 1.78. The molecule has 1 N–H and O–H groups in total. The molecule has 1 unspecified atom stereocenters. The second kappa shape index (κ2) is 4.17. The van der Waals surface area contributed by atoms with E-state index in [1.165, 1.54) is 0 Å². The Morgan fingerprint density at radius 2 is 2.38 bits per heavy atom. The molecule has 2 atom stereocenters. The maximum absolute atomic E-state index is 11.0. The summed E-state index contributed by atoms with van der Waals surface area (Å²) in [6.07, 6.45) is 1.66. The van der Waals surface area contributed by atoms with Crippen LogP contribution < -0.4 is 0 Å². The van der Waals surface area contributed by atoms with Crippen molar-refractivity contribution in [1.82, 2.24) is 0 Å². The maximum atomic E-state index is 11.0. The number of furan rings is 1. The van der Waals surface area contributed by atoms with E-state index in [1.807, 2.05) is 26.0 Å². The first kappa shape index (κ1) is 11.6. The summed E-state index contributed by atoms with van der Waals surface area (Å²) in [5, 5.41) is 9.01. The molecule has 0 bridgehead atoms. The van der Waals surface area contributed by atoms with Crippen molar-refractivity contribution in [2.24, 2.45) is 17.3 Å². The van der Waals surface area contributed by atoms with Gasteiger partial charge in [0.05, 0.1) is 17.9 Å². The molecule has 0 spiro atoms. The summed E-state index contributed by atoms with van der Waals surface area (Å²) in [6.45, 7) is 4.06. The Morgan fingerprint density at radius 1 is 1.62 bits per heavy atom. The molecule has 2 rings (SSSR count). The van der Waals surface area contributed by atoms with Crippen molar-refractivity contribution in [2.45, 2.75) is 19.6 Å². The zero-order valence-corrected chi connectivity index (χ0v) is 10.3. The number of carboxylic acid groups (broad SMARTS) is 1. The molecule has 1 aliphatic carbocycles. The third-order valence-electron chi connectivity index (χ3n) is 3.44. The van der Waals surface area contributed by atoms with Crippen molar-refractivity contribution in [3.8, 4) is 0 Å². The third kappa shape index (κ3) is 2.12. The van der Waals surface area contributed by atoms with Gasteiger partial charge in [-0.05, 0) is 29.2 Å². The van der Waals surface area contributed by atoms with Crippen LogP contribution in [0.25, 0.3) is 0 Å². The van der Waals surface area contributed by atoms with Crippen LogP contribution in [-0.2, 0) is 10.5 Å². The van der Waals surface area contributed by atoms with E-state index in [1.54, 1.807) is 18.0 Å². The normalized spacial score (nSPS) is 26.6. The minimum absolute atomic E-state index is 0.0397. The lowest BCUT2D eigenvalue weighted by Gasteiger charge is -2.01. The minimum Gasteiger partial charge on any atom is -0.481 e. The Kier molecular flexibility index (Phi) is 3.02. The summed E-state index contributed by atoms with van der Waals surface area (Å²) in [4.78, 5) is 11.0. The Hall–Kier alpha value is -0.900. The molecule has 4 heteroatoms. The molecule has 0 radical (unpaired) electrons. The molecule has 0 aliphatic heterocycles. The van der Waals surface area contributed by atoms with E-state index in [2.05, 4.69) is 0 Å². The van der Waals surface area contributed by atoms with Gasteiger partial charge in [-0.1, -0.05) is 13.8 Å². The highest BCUT2D eigenvalue weighted by molar-refractivity contribution is 7.98. The van der Waals surface area contributed by atoms with Crippen molar-refractivity contribution < 1.29 is 14.3 Å². The van der Waals surface area contributed by atoms with Crippen LogP contribution in [-0.4, -0.2) is 16.8 Å². The second-order valence-corrected chi connectivity index (χ2v) is 5.87. The van der Waals surface area contributed by atoms with Crippen molar-refractivity contribution in [2.75, 3.05) is 5.75 Å². The van der Waals surface area contributed by atoms with Gasteiger partial charge < -0.3 is 9.52 Å². The van der Waals surface area contributed by atoms with Crippen molar-refractivity contribution in [1.29, 1.82) is 0 Å². The number of rotatable bonds is 5. The number of carboxylic acids is 1. The summed E-state index contributed by atoms with van der Waals surface area (Å²) in [5.41, 5.74) is -0.0397. The standard InChI is InChI=1S/C12H16O3S/c1-12(2)9(10(12)11(13)14)7-16-6-8-4-3-5-15-8/h3-5,9-10H,6-7H2,1-2H3,(H,13,14)/t9?,10-/m0/s1. The maximum Gasteiger partial charge on any atom is 0.307 e. The van der Waals surface area contributed by atoms with E-state index < -0.39 is 5.97 Å². The molecule has 0 amide bonds. The van der Waals surface area contributed by atoms with Crippen LogP contribution in [0, 0.1) is 17.3 Å². The first-order valence-electron chi connectivity index (χ1n) is 5.36. The Bertz CT molecular complexity index is 370. The molecule has 88 valence electrons. The lowest BCUT2D eigenvalue weighted by molar-refractivity contribution is -0.139. The third-order valence-corrected chi connectivity index (χ3v) is 4.52. The highest BCUT2D eigenvalue weighted by atomic mass is 32.2. The van der Waals surface area contributed by atoms with Crippen LogP contribution >= 0.6 is 11.8 Å². The first-order valence-corrected chi connectivity index (χ1v) is 6.52. The minimum atomic E-state index is -0.659. The molecule has 1 fully saturated rings. The fourth-order valence-electron chi connectivity index (χ4n) is 2.23. The zero-order chi connectivity index (χ0) is 11.8. The van der Waals surface area contributed by atoms with Gasteiger partial charge in [-0.2, -0.15) is 11.8 Å². The van der Waals surface area contributed by atoms with Gasteiger partial charge in [-0.3, -0.25) is 4.79 Å². The summed E-state index contributed by atoms with van der Waals surface area (Å²) < 4.78 is 5.22. The summed E-state index contributed by atoms with van der Waals surface area (Å²) in [7, 11) is 0. The average Bonchev–Trinajstić information content (AvgIpc) is 2.62. The lowest BCUT2D eigenvalue weighted by atomic mass is 10.1. The summed E-state index contributed by atoms with van der Waals surface area (Å²) >= 11 is 1.75. The summed E-state index contributed by atoms with van der Waals surface area (Å²) in [6, 6.07) is 3.82. The molecule has 0 saturated heterocycles. The van der Waals surface area contributed by atoms with Gasteiger partial charge in [-0.15, -0.1) is 0 Å². The quantitative estimate of drug-likeness (QED) is 0.859. The van der Waals surface area contributed by atoms with E-state index in [0.29, 0.717) is 5.92 Å². The van der Waals surface area contributed by atoms with Gasteiger partial charge in [0.25, 0.3) is 0 Å². The van der Waals surface area contributed by atoms with Gasteiger partial charge in [0, 0.05) is 0 Å². The first-order chi connectivity index (χ1) is 7.53. The predicted molar refractivity (Wildman–Crippen MR) is 63.3 cm³/mol. The van der Waals surface area contributed by atoms with E-state index in [0.717, 1.165) is 17.3 Å². The molecule has 1 aliphatic rings. The van der Waals surface area contributed by atoms with E-state index in [4.69, 9.17) is 9.52 Å². The highest BCUT2D eigenvalue weighted by Crippen LogP contribution is 2.59.